The highest BCUT2D eigenvalue weighted by atomic mass is 16.6. The summed E-state index contributed by atoms with van der Waals surface area (Å²) in [5, 5.41) is 11.8. The lowest BCUT2D eigenvalue weighted by Crippen LogP contribution is -2.41. The van der Waals surface area contributed by atoms with E-state index in [9.17, 15) is 14.7 Å². The highest BCUT2D eigenvalue weighted by Gasteiger charge is 2.25. The molecule has 0 aromatic heterocycles. The molecule has 23 heavy (non-hydrogen) atoms. The predicted octanol–water partition coefficient (Wildman–Crippen LogP) is 1.70. The molecule has 7 heteroatoms. The Hall–Kier alpha value is -2.44. The molecule has 1 aromatic rings. The van der Waals surface area contributed by atoms with Gasteiger partial charge in [-0.3, -0.25) is 4.79 Å². The molecule has 0 fully saturated rings. The van der Waals surface area contributed by atoms with Crippen LogP contribution in [0.15, 0.2) is 12.1 Å². The fourth-order valence-corrected chi connectivity index (χ4v) is 2.34. The van der Waals surface area contributed by atoms with Crippen LogP contribution >= 0.6 is 0 Å². The maximum Gasteiger partial charge on any atom is 0.326 e. The van der Waals surface area contributed by atoms with E-state index in [1.165, 1.54) is 19.2 Å². The number of carbonyl (C=O) groups excluding carboxylic acids is 1. The highest BCUT2D eigenvalue weighted by Crippen LogP contribution is 2.40. The zero-order valence-corrected chi connectivity index (χ0v) is 13.4. The van der Waals surface area contributed by atoms with Crippen LogP contribution in [0.5, 0.6) is 17.2 Å². The second kappa shape index (κ2) is 7.21. The summed E-state index contributed by atoms with van der Waals surface area (Å²) in [6.45, 7) is 4.58. The molecule has 1 aliphatic heterocycles. The van der Waals surface area contributed by atoms with Crippen molar-refractivity contribution in [2.24, 2.45) is 5.92 Å². The number of hydrogen-bond donors (Lipinski definition) is 2. The van der Waals surface area contributed by atoms with Crippen molar-refractivity contribution in [2.75, 3.05) is 20.3 Å². The Morgan fingerprint density at radius 2 is 2.00 bits per heavy atom. The van der Waals surface area contributed by atoms with Crippen LogP contribution in [0.2, 0.25) is 0 Å². The first-order valence-electron chi connectivity index (χ1n) is 7.43. The molecule has 2 N–H and O–H groups in total. The van der Waals surface area contributed by atoms with Crippen molar-refractivity contribution >= 4 is 11.9 Å². The van der Waals surface area contributed by atoms with Crippen LogP contribution in [0.3, 0.4) is 0 Å². The van der Waals surface area contributed by atoms with E-state index in [0.29, 0.717) is 36.9 Å². The molecule has 0 radical (unpaired) electrons. The summed E-state index contributed by atoms with van der Waals surface area (Å²) >= 11 is 0. The zero-order valence-electron chi connectivity index (χ0n) is 13.4. The Labute approximate surface area is 134 Å². The van der Waals surface area contributed by atoms with Crippen LogP contribution in [0.4, 0.5) is 0 Å². The Morgan fingerprint density at radius 3 is 2.61 bits per heavy atom. The number of carboxylic acid groups (broad SMARTS) is 1. The van der Waals surface area contributed by atoms with Gasteiger partial charge in [-0.1, -0.05) is 13.8 Å². The summed E-state index contributed by atoms with van der Waals surface area (Å²) in [6.07, 6.45) is 0.350. The van der Waals surface area contributed by atoms with Gasteiger partial charge in [0.25, 0.3) is 5.91 Å². The average molecular weight is 323 g/mol. The second-order valence-electron chi connectivity index (χ2n) is 5.70. The van der Waals surface area contributed by atoms with Gasteiger partial charge in [0.1, 0.15) is 19.3 Å². The molecular weight excluding hydrogens is 302 g/mol. The molecule has 1 aliphatic rings. The SMILES string of the molecule is COc1cc(C(=O)N[C@@H](CC(C)C)C(=O)O)cc2c1OCCO2. The van der Waals surface area contributed by atoms with E-state index < -0.39 is 17.9 Å². The van der Waals surface area contributed by atoms with Crippen molar-refractivity contribution < 1.29 is 28.9 Å². The van der Waals surface area contributed by atoms with Crippen LogP contribution < -0.4 is 19.5 Å². The lowest BCUT2D eigenvalue weighted by atomic mass is 10.0. The summed E-state index contributed by atoms with van der Waals surface area (Å²) in [4.78, 5) is 23.6. The number of rotatable bonds is 6. The minimum atomic E-state index is -1.06. The Morgan fingerprint density at radius 1 is 1.30 bits per heavy atom. The van der Waals surface area contributed by atoms with E-state index in [0.717, 1.165) is 0 Å². The van der Waals surface area contributed by atoms with Gasteiger partial charge >= 0.3 is 5.97 Å². The standard InChI is InChI=1S/C16H21NO6/c1-9(2)6-11(16(19)20)17-15(18)10-7-12(21-3)14-13(8-10)22-4-5-23-14/h7-9,11H,4-6H2,1-3H3,(H,17,18)(H,19,20)/t11-/m0/s1. The van der Waals surface area contributed by atoms with E-state index in [2.05, 4.69) is 5.32 Å². The predicted molar refractivity (Wildman–Crippen MR) is 82.3 cm³/mol. The van der Waals surface area contributed by atoms with Crippen LogP contribution in [-0.4, -0.2) is 43.3 Å². The number of amides is 1. The molecule has 1 atom stereocenters. The van der Waals surface area contributed by atoms with Gasteiger partial charge in [0.2, 0.25) is 5.75 Å². The summed E-state index contributed by atoms with van der Waals surface area (Å²) in [6, 6.07) is 2.10. The normalized spacial score (nSPS) is 14.3. The molecule has 1 amide bonds. The molecule has 1 heterocycles. The minimum absolute atomic E-state index is 0.145. The van der Waals surface area contributed by atoms with Crippen molar-refractivity contribution in [3.05, 3.63) is 17.7 Å². The fourth-order valence-electron chi connectivity index (χ4n) is 2.34. The number of methoxy groups -OCH3 is 1. The maximum absolute atomic E-state index is 12.4. The maximum atomic E-state index is 12.4. The van der Waals surface area contributed by atoms with Crippen molar-refractivity contribution in [1.29, 1.82) is 0 Å². The number of hydrogen-bond acceptors (Lipinski definition) is 5. The van der Waals surface area contributed by atoms with E-state index in [1.54, 1.807) is 0 Å². The monoisotopic (exact) mass is 323 g/mol. The quantitative estimate of drug-likeness (QED) is 0.827. The molecule has 2 rings (SSSR count). The van der Waals surface area contributed by atoms with Crippen LogP contribution in [0.1, 0.15) is 30.6 Å². The van der Waals surface area contributed by atoms with Gasteiger partial charge in [-0.15, -0.1) is 0 Å². The van der Waals surface area contributed by atoms with Gasteiger partial charge in [0.05, 0.1) is 7.11 Å². The minimum Gasteiger partial charge on any atom is -0.493 e. The van der Waals surface area contributed by atoms with E-state index in [-0.39, 0.29) is 11.5 Å². The molecular formula is C16H21NO6. The summed E-state index contributed by atoms with van der Waals surface area (Å²) < 4.78 is 16.2. The smallest absolute Gasteiger partial charge is 0.326 e. The number of benzene rings is 1. The van der Waals surface area contributed by atoms with Crippen molar-refractivity contribution in [2.45, 2.75) is 26.3 Å². The second-order valence-corrected chi connectivity index (χ2v) is 5.70. The number of fused-ring (bicyclic) bond motifs is 1. The van der Waals surface area contributed by atoms with Gasteiger partial charge in [0, 0.05) is 5.56 Å². The fraction of sp³-hybridized carbons (Fsp3) is 0.500. The van der Waals surface area contributed by atoms with E-state index in [4.69, 9.17) is 14.2 Å². The lowest BCUT2D eigenvalue weighted by Gasteiger charge is -2.22. The Kier molecular flexibility index (Phi) is 5.31. The van der Waals surface area contributed by atoms with Gasteiger partial charge < -0.3 is 24.6 Å². The van der Waals surface area contributed by atoms with Gasteiger partial charge in [-0.2, -0.15) is 0 Å². The number of carbonyl (C=O) groups is 2. The first-order valence-corrected chi connectivity index (χ1v) is 7.43. The van der Waals surface area contributed by atoms with Crippen LogP contribution in [-0.2, 0) is 4.79 Å². The third kappa shape index (κ3) is 4.06. The number of nitrogens with one attached hydrogen (secondary N) is 1. The molecule has 0 bridgehead atoms. The molecule has 126 valence electrons. The van der Waals surface area contributed by atoms with Crippen LogP contribution in [0, 0.1) is 5.92 Å². The largest absolute Gasteiger partial charge is 0.493 e. The van der Waals surface area contributed by atoms with Crippen molar-refractivity contribution in [3.8, 4) is 17.2 Å². The van der Waals surface area contributed by atoms with Crippen LogP contribution in [0.25, 0.3) is 0 Å². The molecule has 0 saturated carbocycles. The molecule has 1 aromatic carbocycles. The lowest BCUT2D eigenvalue weighted by molar-refractivity contribution is -0.139. The van der Waals surface area contributed by atoms with Gasteiger partial charge in [0.15, 0.2) is 11.5 Å². The first kappa shape index (κ1) is 16.9. The number of ether oxygens (including phenoxy) is 3. The Balaban J connectivity index is 2.23. The topological polar surface area (TPSA) is 94.1 Å². The number of aliphatic carboxylic acids is 1. The van der Waals surface area contributed by atoms with Gasteiger partial charge in [-0.05, 0) is 24.5 Å². The zero-order chi connectivity index (χ0) is 17.0. The molecule has 0 spiro atoms. The summed E-state index contributed by atoms with van der Waals surface area (Å²) in [5.41, 5.74) is 0.265. The van der Waals surface area contributed by atoms with E-state index >= 15 is 0 Å². The summed E-state index contributed by atoms with van der Waals surface area (Å²) in [5.74, 6) is -0.164. The molecule has 0 saturated heterocycles. The van der Waals surface area contributed by atoms with Crippen molar-refractivity contribution in [1.82, 2.24) is 5.32 Å². The first-order chi connectivity index (χ1) is 10.9. The third-order valence-electron chi connectivity index (χ3n) is 3.40. The average Bonchev–Trinajstić information content (AvgIpc) is 2.52. The third-order valence-corrected chi connectivity index (χ3v) is 3.40. The highest BCUT2D eigenvalue weighted by molar-refractivity contribution is 5.97. The molecule has 7 nitrogen and oxygen atoms in total. The van der Waals surface area contributed by atoms with E-state index in [1.807, 2.05) is 13.8 Å². The summed E-state index contributed by atoms with van der Waals surface area (Å²) in [7, 11) is 1.47. The van der Waals surface area contributed by atoms with Crippen molar-refractivity contribution in [3.63, 3.8) is 0 Å². The molecule has 0 aliphatic carbocycles. The number of carboxylic acids is 1. The molecule has 0 unspecified atom stereocenters. The van der Waals surface area contributed by atoms with Gasteiger partial charge in [-0.25, -0.2) is 4.79 Å². The Bertz CT molecular complexity index is 581.